The molecule has 0 aliphatic carbocycles. The number of carbonyl (C=O) groups excluding carboxylic acids is 2. The summed E-state index contributed by atoms with van der Waals surface area (Å²) in [5.74, 6) is -0.951. The summed E-state index contributed by atoms with van der Waals surface area (Å²) in [6.07, 6.45) is -6.51. The van der Waals surface area contributed by atoms with Crippen molar-refractivity contribution in [3.8, 4) is 11.6 Å². The van der Waals surface area contributed by atoms with E-state index in [1.54, 1.807) is 13.8 Å². The van der Waals surface area contributed by atoms with Crippen molar-refractivity contribution in [2.45, 2.75) is 82.8 Å². The molecule has 1 atom stereocenters. The fourth-order valence-corrected chi connectivity index (χ4v) is 5.81. The van der Waals surface area contributed by atoms with Crippen LogP contribution in [0, 0.1) is 0 Å². The van der Waals surface area contributed by atoms with Gasteiger partial charge in [-0.15, -0.1) is 5.10 Å². The van der Waals surface area contributed by atoms with E-state index in [9.17, 15) is 40.0 Å². The lowest BCUT2D eigenvalue weighted by Gasteiger charge is -2.38. The van der Waals surface area contributed by atoms with Gasteiger partial charge in [0.15, 0.2) is 4.90 Å². The Labute approximate surface area is 244 Å². The quantitative estimate of drug-likeness (QED) is 0.352. The van der Waals surface area contributed by atoms with E-state index < -0.39 is 63.4 Å². The molecule has 1 aromatic carbocycles. The van der Waals surface area contributed by atoms with E-state index >= 15 is 0 Å². The molecule has 0 spiro atoms. The van der Waals surface area contributed by atoms with Crippen LogP contribution in [0.25, 0.3) is 0 Å². The van der Waals surface area contributed by atoms with Gasteiger partial charge in [0.05, 0.1) is 25.0 Å². The largest absolute Gasteiger partial charge is 0.486 e. The number of amides is 2. The number of ether oxygens (including phenoxy) is 3. The first kappa shape index (κ1) is 33.7. The molecule has 2 aromatic rings. The molecule has 0 fully saturated rings. The highest BCUT2D eigenvalue weighted by Crippen LogP contribution is 2.42. The number of fused-ring (bicyclic) bond motifs is 1. The number of carbonyl (C=O) groups is 2. The second-order valence-electron chi connectivity index (χ2n) is 10.7. The number of hydrogen-bond acceptors (Lipinski definition) is 8. The minimum Gasteiger partial charge on any atom is -0.486 e. The summed E-state index contributed by atoms with van der Waals surface area (Å²) in [5.41, 5.74) is -4.03. The van der Waals surface area contributed by atoms with Crippen LogP contribution in [0.4, 0.5) is 38.1 Å². The van der Waals surface area contributed by atoms with Crippen molar-refractivity contribution in [2.24, 2.45) is 0 Å². The summed E-state index contributed by atoms with van der Waals surface area (Å²) in [6, 6.07) is 3.63. The van der Waals surface area contributed by atoms with Crippen molar-refractivity contribution >= 4 is 33.4 Å². The predicted octanol–water partition coefficient (Wildman–Crippen LogP) is 4.83. The van der Waals surface area contributed by atoms with Crippen LogP contribution in [0.15, 0.2) is 29.3 Å². The summed E-state index contributed by atoms with van der Waals surface area (Å²) in [6.45, 7) is 3.81. The highest BCUT2D eigenvalue weighted by atomic mass is 32.2. The van der Waals surface area contributed by atoms with Crippen LogP contribution in [0.2, 0.25) is 0 Å². The number of benzene rings is 1. The lowest BCUT2D eigenvalue weighted by atomic mass is 9.95. The molecule has 3 rings (SSSR count). The Morgan fingerprint density at radius 1 is 1.19 bits per heavy atom. The Balaban J connectivity index is 2.06. The molecule has 0 unspecified atom stereocenters. The maximum Gasteiger partial charge on any atom is 0.427 e. The molecule has 2 N–H and O–H groups in total. The molecule has 1 aliphatic rings. The first-order valence-electron chi connectivity index (χ1n) is 12.9. The van der Waals surface area contributed by atoms with Gasteiger partial charge in [-0.1, -0.05) is 0 Å². The fourth-order valence-electron chi connectivity index (χ4n) is 4.24. The van der Waals surface area contributed by atoms with Gasteiger partial charge >= 0.3 is 18.8 Å². The summed E-state index contributed by atoms with van der Waals surface area (Å²) >= 11 is 0. The molecule has 0 saturated heterocycles. The molecule has 2 heterocycles. The first-order valence-corrected chi connectivity index (χ1v) is 14.3. The molecule has 0 bridgehead atoms. The molecular weight excluding hydrogens is 609 g/mol. The number of anilines is 2. The zero-order valence-electron chi connectivity index (χ0n) is 24.1. The number of aromatic nitrogens is 2. The average molecular weight is 642 g/mol. The molecule has 0 saturated carbocycles. The van der Waals surface area contributed by atoms with E-state index in [0.717, 1.165) is 10.4 Å². The Kier molecular flexibility index (Phi) is 9.43. The molecule has 240 valence electrons. The summed E-state index contributed by atoms with van der Waals surface area (Å²) in [5, 5.41) is 8.39. The van der Waals surface area contributed by atoms with E-state index in [0.29, 0.717) is 20.0 Å². The first-order chi connectivity index (χ1) is 19.7. The SMILES string of the molecule is CCOc1nn(C(F)F)cc1S(=O)(=O)N1C[C@H](CC(C)(C)NC(C)=O)Oc2ccc(NC(=O)OC(C)(C)C(F)(F)F)cc21. The van der Waals surface area contributed by atoms with Gasteiger partial charge in [-0.05, 0) is 52.8 Å². The number of halogens is 5. The molecular formula is C25H32F5N5O7S. The van der Waals surface area contributed by atoms with Crippen LogP contribution in [-0.2, 0) is 19.6 Å². The topological polar surface area (TPSA) is 141 Å². The van der Waals surface area contributed by atoms with Crippen molar-refractivity contribution in [1.29, 1.82) is 0 Å². The number of sulfonamides is 1. The molecule has 0 radical (unpaired) electrons. The van der Waals surface area contributed by atoms with Crippen LogP contribution >= 0.6 is 0 Å². The van der Waals surface area contributed by atoms with Crippen LogP contribution in [0.5, 0.6) is 11.6 Å². The third-order valence-corrected chi connectivity index (χ3v) is 7.90. The van der Waals surface area contributed by atoms with Gasteiger partial charge in [-0.25, -0.2) is 17.9 Å². The van der Waals surface area contributed by atoms with E-state index in [1.807, 2.05) is 0 Å². The van der Waals surface area contributed by atoms with Crippen LogP contribution < -0.4 is 24.4 Å². The maximum atomic E-state index is 14.0. The highest BCUT2D eigenvalue weighted by Gasteiger charge is 2.51. The molecule has 2 amide bonds. The molecule has 1 aliphatic heterocycles. The number of hydrogen-bond donors (Lipinski definition) is 2. The van der Waals surface area contributed by atoms with E-state index in [1.165, 1.54) is 26.0 Å². The minimum absolute atomic E-state index is 0.0211. The van der Waals surface area contributed by atoms with Gasteiger partial charge in [0.2, 0.25) is 11.5 Å². The maximum absolute atomic E-state index is 14.0. The van der Waals surface area contributed by atoms with Crippen molar-refractivity contribution in [2.75, 3.05) is 22.8 Å². The van der Waals surface area contributed by atoms with Crippen LogP contribution in [0.3, 0.4) is 0 Å². The summed E-state index contributed by atoms with van der Waals surface area (Å²) in [4.78, 5) is 23.3. The zero-order chi connectivity index (χ0) is 32.5. The van der Waals surface area contributed by atoms with Crippen molar-refractivity contribution < 1.29 is 54.2 Å². The summed E-state index contributed by atoms with van der Waals surface area (Å²) < 4.78 is 111. The van der Waals surface area contributed by atoms with Crippen LogP contribution in [0.1, 0.15) is 54.5 Å². The molecule has 43 heavy (non-hydrogen) atoms. The number of nitrogens with one attached hydrogen (secondary N) is 2. The molecule has 18 heteroatoms. The second-order valence-corrected chi connectivity index (χ2v) is 12.6. The third kappa shape index (κ3) is 7.77. The van der Waals surface area contributed by atoms with E-state index in [4.69, 9.17) is 9.47 Å². The molecule has 12 nitrogen and oxygen atoms in total. The van der Waals surface area contributed by atoms with Gasteiger partial charge in [0.25, 0.3) is 15.9 Å². The number of alkyl halides is 5. The van der Waals surface area contributed by atoms with Gasteiger partial charge in [0, 0.05) is 24.6 Å². The van der Waals surface area contributed by atoms with E-state index in [-0.39, 0.29) is 40.7 Å². The fraction of sp³-hybridized carbons (Fsp3) is 0.560. The number of rotatable bonds is 10. The lowest BCUT2D eigenvalue weighted by Crippen LogP contribution is -2.50. The highest BCUT2D eigenvalue weighted by molar-refractivity contribution is 7.93. The predicted molar refractivity (Wildman–Crippen MR) is 143 cm³/mol. The zero-order valence-corrected chi connectivity index (χ0v) is 24.9. The third-order valence-electron chi connectivity index (χ3n) is 6.14. The number of nitrogens with zero attached hydrogens (tertiary/aromatic N) is 3. The standard InChI is InChI=1S/C25H32F5N5O7S/c1-7-40-20-19(13-34(33-20)21(26)27)43(38,39)35-12-16(11-23(3,4)32-14(2)36)41-18-9-8-15(10-17(18)35)31-22(37)42-24(5,6)25(28,29)30/h8-10,13,16,21H,7,11-12H2,1-6H3,(H,31,37)(H,32,36)/t16-/m0/s1. The van der Waals surface area contributed by atoms with Crippen LogP contribution in [-0.4, -0.2) is 66.8 Å². The Hall–Kier alpha value is -3.83. The van der Waals surface area contributed by atoms with Crippen molar-refractivity contribution in [3.05, 3.63) is 24.4 Å². The van der Waals surface area contributed by atoms with Gasteiger partial charge in [-0.3, -0.25) is 14.4 Å². The van der Waals surface area contributed by atoms with Crippen molar-refractivity contribution in [3.63, 3.8) is 0 Å². The van der Waals surface area contributed by atoms with Gasteiger partial charge < -0.3 is 19.5 Å². The second kappa shape index (κ2) is 12.0. The minimum atomic E-state index is -4.88. The lowest BCUT2D eigenvalue weighted by molar-refractivity contribution is -0.242. The van der Waals surface area contributed by atoms with E-state index in [2.05, 4.69) is 20.5 Å². The van der Waals surface area contributed by atoms with Gasteiger partial charge in [0.1, 0.15) is 11.9 Å². The summed E-state index contributed by atoms with van der Waals surface area (Å²) in [7, 11) is -4.71. The average Bonchev–Trinajstić information content (AvgIpc) is 3.27. The smallest absolute Gasteiger partial charge is 0.427 e. The normalized spacial score (nSPS) is 15.9. The Morgan fingerprint density at radius 3 is 2.40 bits per heavy atom. The van der Waals surface area contributed by atoms with Gasteiger partial charge in [-0.2, -0.15) is 22.0 Å². The Bertz CT molecular complexity index is 1460. The van der Waals surface area contributed by atoms with Crippen molar-refractivity contribution in [1.82, 2.24) is 15.1 Å². The Morgan fingerprint density at radius 2 is 1.84 bits per heavy atom. The monoisotopic (exact) mass is 641 g/mol. The molecule has 1 aromatic heterocycles.